The van der Waals surface area contributed by atoms with Gasteiger partial charge in [-0.2, -0.15) is 0 Å². The first-order valence-corrected chi connectivity index (χ1v) is 6.36. The standard InChI is InChI=1S/C13H12ClN3O/c14-9-5-3-7-15-11(9)12-16-10-6-2-1-4-8(10)13(18)17-12/h3,5,7H,1-2,4,6H2,(H,16,17,18). The van der Waals surface area contributed by atoms with E-state index in [4.69, 9.17) is 11.6 Å². The highest BCUT2D eigenvalue weighted by Crippen LogP contribution is 2.23. The Morgan fingerprint density at radius 2 is 2.11 bits per heavy atom. The third-order valence-corrected chi connectivity index (χ3v) is 3.48. The topological polar surface area (TPSA) is 58.6 Å². The van der Waals surface area contributed by atoms with Crippen molar-refractivity contribution in [3.63, 3.8) is 0 Å². The highest BCUT2D eigenvalue weighted by molar-refractivity contribution is 6.32. The summed E-state index contributed by atoms with van der Waals surface area (Å²) in [6.45, 7) is 0. The van der Waals surface area contributed by atoms with Gasteiger partial charge in [0, 0.05) is 11.8 Å². The second-order valence-electron chi connectivity index (χ2n) is 4.38. The van der Waals surface area contributed by atoms with E-state index in [2.05, 4.69) is 15.0 Å². The van der Waals surface area contributed by atoms with Crippen LogP contribution in [0.25, 0.3) is 11.5 Å². The van der Waals surface area contributed by atoms with E-state index in [1.165, 1.54) is 0 Å². The number of H-pyrrole nitrogens is 1. The van der Waals surface area contributed by atoms with Crippen molar-refractivity contribution in [1.82, 2.24) is 15.0 Å². The minimum Gasteiger partial charge on any atom is -0.305 e. The molecule has 92 valence electrons. The molecule has 0 saturated heterocycles. The minimum atomic E-state index is -0.0589. The van der Waals surface area contributed by atoms with E-state index in [9.17, 15) is 4.79 Å². The maximum Gasteiger partial charge on any atom is 0.254 e. The Labute approximate surface area is 109 Å². The number of aromatic nitrogens is 3. The molecule has 0 amide bonds. The van der Waals surface area contributed by atoms with Crippen LogP contribution in [-0.2, 0) is 12.8 Å². The van der Waals surface area contributed by atoms with Crippen LogP contribution in [0.1, 0.15) is 24.1 Å². The van der Waals surface area contributed by atoms with Crippen molar-refractivity contribution in [2.24, 2.45) is 0 Å². The molecular formula is C13H12ClN3O. The Balaban J connectivity index is 2.17. The summed E-state index contributed by atoms with van der Waals surface area (Å²) in [5.74, 6) is 0.464. The van der Waals surface area contributed by atoms with Gasteiger partial charge < -0.3 is 4.98 Å². The van der Waals surface area contributed by atoms with Gasteiger partial charge in [0.1, 0.15) is 5.69 Å². The lowest BCUT2D eigenvalue weighted by Gasteiger charge is -2.14. The largest absolute Gasteiger partial charge is 0.305 e. The fourth-order valence-corrected chi connectivity index (χ4v) is 2.49. The molecule has 0 saturated carbocycles. The van der Waals surface area contributed by atoms with Crippen molar-refractivity contribution >= 4 is 11.6 Å². The molecule has 5 heteroatoms. The van der Waals surface area contributed by atoms with E-state index in [1.54, 1.807) is 18.3 Å². The smallest absolute Gasteiger partial charge is 0.254 e. The molecule has 0 spiro atoms. The van der Waals surface area contributed by atoms with Crippen molar-refractivity contribution < 1.29 is 0 Å². The van der Waals surface area contributed by atoms with Gasteiger partial charge in [0.15, 0.2) is 5.82 Å². The summed E-state index contributed by atoms with van der Waals surface area (Å²) in [6, 6.07) is 3.49. The highest BCUT2D eigenvalue weighted by atomic mass is 35.5. The number of rotatable bonds is 1. The summed E-state index contributed by atoms with van der Waals surface area (Å²) in [5, 5.41) is 0.497. The molecule has 0 aromatic carbocycles. The number of hydrogen-bond donors (Lipinski definition) is 1. The Morgan fingerprint density at radius 1 is 1.28 bits per heavy atom. The van der Waals surface area contributed by atoms with Crippen LogP contribution in [0.2, 0.25) is 5.02 Å². The molecule has 0 atom stereocenters. The van der Waals surface area contributed by atoms with E-state index >= 15 is 0 Å². The van der Waals surface area contributed by atoms with Crippen molar-refractivity contribution in [3.05, 3.63) is 45.0 Å². The Kier molecular flexibility index (Phi) is 2.88. The second kappa shape index (κ2) is 4.53. The fourth-order valence-electron chi connectivity index (χ4n) is 2.28. The SMILES string of the molecule is O=c1[nH]c(-c2ncccc2Cl)nc2c1CCCC2. The predicted molar refractivity (Wildman–Crippen MR) is 69.7 cm³/mol. The van der Waals surface area contributed by atoms with Crippen molar-refractivity contribution in [2.75, 3.05) is 0 Å². The van der Waals surface area contributed by atoms with Crippen LogP contribution in [0.15, 0.2) is 23.1 Å². The zero-order chi connectivity index (χ0) is 12.5. The molecule has 18 heavy (non-hydrogen) atoms. The van der Waals surface area contributed by atoms with Crippen molar-refractivity contribution in [2.45, 2.75) is 25.7 Å². The van der Waals surface area contributed by atoms with E-state index in [1.807, 2.05) is 0 Å². The van der Waals surface area contributed by atoms with E-state index in [0.717, 1.165) is 36.9 Å². The zero-order valence-corrected chi connectivity index (χ0v) is 10.5. The minimum absolute atomic E-state index is 0.0589. The zero-order valence-electron chi connectivity index (χ0n) is 9.74. The number of halogens is 1. The second-order valence-corrected chi connectivity index (χ2v) is 4.79. The van der Waals surface area contributed by atoms with E-state index in [0.29, 0.717) is 16.5 Å². The lowest BCUT2D eigenvalue weighted by Crippen LogP contribution is -2.21. The van der Waals surface area contributed by atoms with Crippen LogP contribution in [0, 0.1) is 0 Å². The molecule has 1 aliphatic carbocycles. The van der Waals surface area contributed by atoms with E-state index in [-0.39, 0.29) is 5.56 Å². The number of aryl methyl sites for hydroxylation is 1. The molecule has 0 unspecified atom stereocenters. The van der Waals surface area contributed by atoms with Crippen molar-refractivity contribution in [1.29, 1.82) is 0 Å². The summed E-state index contributed by atoms with van der Waals surface area (Å²) in [7, 11) is 0. The third-order valence-electron chi connectivity index (χ3n) is 3.17. The number of aromatic amines is 1. The predicted octanol–water partition coefficient (Wildman–Crippen LogP) is 2.36. The summed E-state index contributed by atoms with van der Waals surface area (Å²) in [4.78, 5) is 23.5. The number of fused-ring (bicyclic) bond motifs is 1. The van der Waals surface area contributed by atoms with Gasteiger partial charge in [-0.05, 0) is 37.8 Å². The van der Waals surface area contributed by atoms with Crippen LogP contribution in [-0.4, -0.2) is 15.0 Å². The van der Waals surface area contributed by atoms with Gasteiger partial charge >= 0.3 is 0 Å². The Bertz CT molecular complexity index is 651. The normalized spacial score (nSPS) is 14.3. The first kappa shape index (κ1) is 11.4. The summed E-state index contributed by atoms with van der Waals surface area (Å²) in [5.41, 5.74) is 2.18. The Hall–Kier alpha value is -1.68. The quantitative estimate of drug-likeness (QED) is 0.857. The maximum absolute atomic E-state index is 12.0. The summed E-state index contributed by atoms with van der Waals surface area (Å²) in [6.07, 6.45) is 5.45. The third kappa shape index (κ3) is 1.93. The van der Waals surface area contributed by atoms with Crippen molar-refractivity contribution in [3.8, 4) is 11.5 Å². The lowest BCUT2D eigenvalue weighted by atomic mass is 9.97. The first-order chi connectivity index (χ1) is 8.75. The molecule has 0 aliphatic heterocycles. The fraction of sp³-hybridized carbons (Fsp3) is 0.308. The van der Waals surface area contributed by atoms with Gasteiger partial charge in [0.25, 0.3) is 5.56 Å². The van der Waals surface area contributed by atoms with Crippen LogP contribution >= 0.6 is 11.6 Å². The number of nitrogens with zero attached hydrogens (tertiary/aromatic N) is 2. The summed E-state index contributed by atoms with van der Waals surface area (Å²) < 4.78 is 0. The van der Waals surface area contributed by atoms with Gasteiger partial charge in [-0.15, -0.1) is 0 Å². The van der Waals surface area contributed by atoms with E-state index < -0.39 is 0 Å². The van der Waals surface area contributed by atoms with Gasteiger partial charge in [-0.25, -0.2) is 4.98 Å². The number of hydrogen-bond acceptors (Lipinski definition) is 3. The molecule has 0 fully saturated rings. The highest BCUT2D eigenvalue weighted by Gasteiger charge is 2.17. The number of pyridine rings is 1. The van der Waals surface area contributed by atoms with Crippen LogP contribution in [0.5, 0.6) is 0 Å². The molecular weight excluding hydrogens is 250 g/mol. The molecule has 4 nitrogen and oxygen atoms in total. The molecule has 1 aliphatic rings. The molecule has 0 radical (unpaired) electrons. The van der Waals surface area contributed by atoms with Gasteiger partial charge in [0.2, 0.25) is 0 Å². The van der Waals surface area contributed by atoms with Gasteiger partial charge in [-0.3, -0.25) is 9.78 Å². The Morgan fingerprint density at radius 3 is 2.94 bits per heavy atom. The maximum atomic E-state index is 12.0. The molecule has 2 aromatic rings. The molecule has 1 N–H and O–H groups in total. The van der Waals surface area contributed by atoms with Crippen LogP contribution in [0.3, 0.4) is 0 Å². The summed E-state index contributed by atoms with van der Waals surface area (Å²) >= 11 is 6.07. The van der Waals surface area contributed by atoms with Gasteiger partial charge in [0.05, 0.1) is 10.7 Å². The lowest BCUT2D eigenvalue weighted by molar-refractivity contribution is 0.657. The van der Waals surface area contributed by atoms with Crippen LogP contribution < -0.4 is 5.56 Å². The first-order valence-electron chi connectivity index (χ1n) is 5.98. The molecule has 0 bridgehead atoms. The van der Waals surface area contributed by atoms with Gasteiger partial charge in [-0.1, -0.05) is 11.6 Å². The monoisotopic (exact) mass is 261 g/mol. The number of nitrogens with one attached hydrogen (secondary N) is 1. The average Bonchev–Trinajstić information content (AvgIpc) is 2.39. The molecule has 3 rings (SSSR count). The van der Waals surface area contributed by atoms with Crippen LogP contribution in [0.4, 0.5) is 0 Å². The molecule has 2 heterocycles. The average molecular weight is 262 g/mol. The molecule has 2 aromatic heterocycles.